The summed E-state index contributed by atoms with van der Waals surface area (Å²) in [6, 6.07) is 7.27. The number of nitrogen functional groups attached to an aromatic ring is 1. The van der Waals surface area contributed by atoms with Crippen LogP contribution in [0.15, 0.2) is 40.1 Å². The zero-order chi connectivity index (χ0) is 15.9. The maximum absolute atomic E-state index is 12.5. The summed E-state index contributed by atoms with van der Waals surface area (Å²) in [7, 11) is 1.54. The zero-order valence-corrected chi connectivity index (χ0v) is 11.6. The molecule has 0 fully saturated rings. The first-order valence-electron chi connectivity index (χ1n) is 6.44. The molecule has 3 aromatic rings. The lowest BCUT2D eigenvalue weighted by Gasteiger charge is -2.17. The highest BCUT2D eigenvalue weighted by Crippen LogP contribution is 2.21. The van der Waals surface area contributed by atoms with Crippen molar-refractivity contribution in [3.63, 3.8) is 0 Å². The smallest absolute Gasteiger partial charge is 0.326 e. The van der Waals surface area contributed by atoms with Crippen molar-refractivity contribution >= 4 is 28.2 Å². The van der Waals surface area contributed by atoms with Gasteiger partial charge in [-0.2, -0.15) is 0 Å². The topological polar surface area (TPSA) is 128 Å². The second-order valence-corrected chi connectivity index (χ2v) is 4.81. The molecule has 0 saturated heterocycles. The monoisotopic (exact) mass is 299 g/mol. The highest BCUT2D eigenvalue weighted by atomic mass is 16.2. The number of fused-ring (bicyclic) bond motifs is 1. The summed E-state index contributed by atoms with van der Waals surface area (Å²) in [5, 5.41) is 0.935. The molecule has 1 aromatic carbocycles. The van der Waals surface area contributed by atoms with E-state index in [1.165, 1.54) is 11.9 Å². The average molecular weight is 299 g/mol. The fraction of sp³-hybridized carbons (Fsp3) is 0.0714. The minimum Gasteiger partial charge on any atom is -0.392 e. The third kappa shape index (κ3) is 2.16. The van der Waals surface area contributed by atoms with E-state index in [2.05, 4.69) is 9.97 Å². The molecule has 5 N–H and O–H groups in total. The van der Waals surface area contributed by atoms with Crippen LogP contribution in [0.3, 0.4) is 0 Å². The quantitative estimate of drug-likeness (QED) is 0.546. The number of nitrogens with zero attached hydrogens (tertiary/aromatic N) is 1. The number of nitrogens with one attached hydrogen (secondary N) is 3. The predicted molar refractivity (Wildman–Crippen MR) is 83.1 cm³/mol. The number of amides is 1. The summed E-state index contributed by atoms with van der Waals surface area (Å²) in [5.74, 6) is -0.574. The van der Waals surface area contributed by atoms with Crippen LogP contribution in [0.4, 0.5) is 11.4 Å². The van der Waals surface area contributed by atoms with Gasteiger partial charge in [0.2, 0.25) is 0 Å². The van der Waals surface area contributed by atoms with Crippen LogP contribution in [-0.2, 0) is 0 Å². The third-order valence-corrected chi connectivity index (χ3v) is 3.42. The van der Waals surface area contributed by atoms with Crippen molar-refractivity contribution in [2.24, 2.45) is 0 Å². The molecule has 2 aromatic heterocycles. The fourth-order valence-corrected chi connectivity index (χ4v) is 2.20. The lowest BCUT2D eigenvalue weighted by molar-refractivity contribution is 0.0988. The molecule has 0 aliphatic carbocycles. The summed E-state index contributed by atoms with van der Waals surface area (Å²) in [5.41, 5.74) is 5.00. The normalized spacial score (nSPS) is 10.8. The van der Waals surface area contributed by atoms with Crippen molar-refractivity contribution in [1.29, 1.82) is 0 Å². The number of carbonyl (C=O) groups is 1. The largest absolute Gasteiger partial charge is 0.392 e. The van der Waals surface area contributed by atoms with E-state index < -0.39 is 17.2 Å². The van der Waals surface area contributed by atoms with Gasteiger partial charge < -0.3 is 20.6 Å². The van der Waals surface area contributed by atoms with Crippen LogP contribution in [0.5, 0.6) is 0 Å². The van der Waals surface area contributed by atoms with Gasteiger partial charge in [-0.05, 0) is 24.3 Å². The molecule has 2 heterocycles. The standard InChI is InChI=1S/C14H13N5O3/c1-19(8-2-3-9-7(6-8)4-5-16-9)13(21)11-10(15)12(20)18-14(22)17-11/h2-6,16H,15H2,1H3,(H2,17,18,20,22). The molecule has 0 bridgehead atoms. The molecule has 112 valence electrons. The van der Waals surface area contributed by atoms with E-state index in [9.17, 15) is 14.4 Å². The van der Waals surface area contributed by atoms with Crippen LogP contribution in [-0.4, -0.2) is 27.9 Å². The van der Waals surface area contributed by atoms with Gasteiger partial charge >= 0.3 is 5.69 Å². The molecule has 0 saturated carbocycles. The van der Waals surface area contributed by atoms with Crippen molar-refractivity contribution < 1.29 is 4.79 Å². The van der Waals surface area contributed by atoms with Crippen molar-refractivity contribution in [3.8, 4) is 0 Å². The molecule has 0 unspecified atom stereocenters. The number of aromatic nitrogens is 3. The molecular weight excluding hydrogens is 286 g/mol. The van der Waals surface area contributed by atoms with Crippen LogP contribution in [0.2, 0.25) is 0 Å². The zero-order valence-electron chi connectivity index (χ0n) is 11.6. The number of rotatable bonds is 2. The van der Waals surface area contributed by atoms with E-state index in [1.807, 2.05) is 23.2 Å². The molecule has 0 spiro atoms. The first-order chi connectivity index (χ1) is 10.5. The van der Waals surface area contributed by atoms with Crippen molar-refractivity contribution in [2.75, 3.05) is 17.7 Å². The molecule has 0 aliphatic rings. The van der Waals surface area contributed by atoms with Crippen LogP contribution in [0.25, 0.3) is 10.9 Å². The summed E-state index contributed by atoms with van der Waals surface area (Å²) in [6.45, 7) is 0. The van der Waals surface area contributed by atoms with E-state index in [1.54, 1.807) is 12.3 Å². The molecule has 0 radical (unpaired) electrons. The van der Waals surface area contributed by atoms with E-state index in [0.717, 1.165) is 10.9 Å². The molecule has 1 amide bonds. The Morgan fingerprint density at radius 1 is 1.18 bits per heavy atom. The number of anilines is 2. The van der Waals surface area contributed by atoms with Crippen LogP contribution in [0.1, 0.15) is 10.5 Å². The Hall–Kier alpha value is -3.29. The second kappa shape index (κ2) is 4.92. The summed E-state index contributed by atoms with van der Waals surface area (Å²) in [4.78, 5) is 43.9. The van der Waals surface area contributed by atoms with Gasteiger partial charge in [0.25, 0.3) is 11.5 Å². The van der Waals surface area contributed by atoms with Crippen molar-refractivity contribution in [2.45, 2.75) is 0 Å². The van der Waals surface area contributed by atoms with Crippen LogP contribution >= 0.6 is 0 Å². The van der Waals surface area contributed by atoms with Gasteiger partial charge in [0.05, 0.1) is 0 Å². The Balaban J connectivity index is 2.04. The Morgan fingerprint density at radius 3 is 2.73 bits per heavy atom. The molecular formula is C14H13N5O3. The molecule has 8 heteroatoms. The van der Waals surface area contributed by atoms with Gasteiger partial charge in [-0.3, -0.25) is 14.6 Å². The summed E-state index contributed by atoms with van der Waals surface area (Å²) in [6.07, 6.45) is 1.79. The number of benzene rings is 1. The van der Waals surface area contributed by atoms with Gasteiger partial charge in [0.15, 0.2) is 0 Å². The number of hydrogen-bond acceptors (Lipinski definition) is 4. The molecule has 0 aliphatic heterocycles. The Morgan fingerprint density at radius 2 is 1.95 bits per heavy atom. The van der Waals surface area contributed by atoms with E-state index in [4.69, 9.17) is 5.73 Å². The minimum absolute atomic E-state index is 0.231. The number of hydrogen-bond donors (Lipinski definition) is 4. The second-order valence-electron chi connectivity index (χ2n) is 4.81. The molecule has 3 rings (SSSR count). The van der Waals surface area contributed by atoms with Gasteiger partial charge in [-0.15, -0.1) is 0 Å². The van der Waals surface area contributed by atoms with Gasteiger partial charge in [-0.25, -0.2) is 4.79 Å². The van der Waals surface area contributed by atoms with Crippen LogP contribution in [0, 0.1) is 0 Å². The lowest BCUT2D eigenvalue weighted by Crippen LogP contribution is -2.34. The maximum Gasteiger partial charge on any atom is 0.326 e. The van der Waals surface area contributed by atoms with Crippen molar-refractivity contribution in [1.82, 2.24) is 15.0 Å². The van der Waals surface area contributed by atoms with E-state index in [-0.39, 0.29) is 11.4 Å². The Kier molecular flexibility index (Phi) is 3.06. The molecule has 22 heavy (non-hydrogen) atoms. The summed E-state index contributed by atoms with van der Waals surface area (Å²) < 4.78 is 0. The third-order valence-electron chi connectivity index (χ3n) is 3.42. The predicted octanol–water partition coefficient (Wildman–Crippen LogP) is 0.403. The van der Waals surface area contributed by atoms with E-state index in [0.29, 0.717) is 5.69 Å². The number of H-pyrrole nitrogens is 3. The first-order valence-corrected chi connectivity index (χ1v) is 6.44. The number of carbonyl (C=O) groups excluding carboxylic acids is 1. The summed E-state index contributed by atoms with van der Waals surface area (Å²) >= 11 is 0. The Labute approximate surface area is 123 Å². The first kappa shape index (κ1) is 13.7. The number of nitrogens with two attached hydrogens (primary N) is 1. The highest BCUT2D eigenvalue weighted by Gasteiger charge is 2.19. The SMILES string of the molecule is CN(C(=O)c1[nH]c(=O)[nH]c(=O)c1N)c1ccc2[nH]ccc2c1. The number of aromatic amines is 3. The van der Waals surface area contributed by atoms with Gasteiger partial charge in [0.1, 0.15) is 11.4 Å². The van der Waals surface area contributed by atoms with Gasteiger partial charge in [-0.1, -0.05) is 0 Å². The Bertz CT molecular complexity index is 982. The molecule has 0 atom stereocenters. The minimum atomic E-state index is -0.790. The van der Waals surface area contributed by atoms with Crippen LogP contribution < -0.4 is 21.9 Å². The molecule has 8 nitrogen and oxygen atoms in total. The van der Waals surface area contributed by atoms with E-state index >= 15 is 0 Å². The fourth-order valence-electron chi connectivity index (χ4n) is 2.20. The highest BCUT2D eigenvalue weighted by molar-refractivity contribution is 6.08. The lowest BCUT2D eigenvalue weighted by atomic mass is 10.2. The average Bonchev–Trinajstić information content (AvgIpc) is 2.96. The van der Waals surface area contributed by atoms with Crippen molar-refractivity contribution in [3.05, 3.63) is 57.0 Å². The maximum atomic E-state index is 12.5. The van der Waals surface area contributed by atoms with Gasteiger partial charge in [0, 0.05) is 29.8 Å².